The van der Waals surface area contributed by atoms with Crippen molar-refractivity contribution in [2.75, 3.05) is 38.2 Å². The maximum absolute atomic E-state index is 13.8. The highest BCUT2D eigenvalue weighted by Crippen LogP contribution is 2.36. The normalized spacial score (nSPS) is 14.9. The van der Waals surface area contributed by atoms with Crippen LogP contribution in [0.4, 0.5) is 10.1 Å². The molecule has 0 amide bonds. The Bertz CT molecular complexity index is 1560. The predicted molar refractivity (Wildman–Crippen MR) is 144 cm³/mol. The van der Waals surface area contributed by atoms with E-state index in [2.05, 4.69) is 36.8 Å². The van der Waals surface area contributed by atoms with Crippen molar-refractivity contribution in [3.05, 3.63) is 98.1 Å². The van der Waals surface area contributed by atoms with Crippen LogP contribution >= 0.6 is 15.9 Å². The van der Waals surface area contributed by atoms with Crippen molar-refractivity contribution >= 4 is 32.7 Å². The molecule has 1 fully saturated rings. The van der Waals surface area contributed by atoms with Crippen LogP contribution in [0.5, 0.6) is 5.75 Å². The van der Waals surface area contributed by atoms with Gasteiger partial charge in [0.05, 0.1) is 24.4 Å². The van der Waals surface area contributed by atoms with Gasteiger partial charge in [-0.2, -0.15) is 5.26 Å². The molecule has 4 aromatic rings. The molecule has 7 nitrogen and oxygen atoms in total. The Morgan fingerprint density at radius 3 is 2.43 bits per heavy atom. The average Bonchev–Trinajstić information content (AvgIpc) is 2.92. The van der Waals surface area contributed by atoms with Crippen LogP contribution in [0.2, 0.25) is 0 Å². The highest BCUT2D eigenvalue weighted by Gasteiger charge is 2.31. The lowest BCUT2D eigenvalue weighted by atomic mass is 9.95. The number of anilines is 1. The van der Waals surface area contributed by atoms with E-state index in [-0.39, 0.29) is 23.0 Å². The smallest absolute Gasteiger partial charge is 0.270 e. The average molecular weight is 562 g/mol. The van der Waals surface area contributed by atoms with Gasteiger partial charge in [0.2, 0.25) is 0 Å². The van der Waals surface area contributed by atoms with E-state index < -0.39 is 0 Å². The zero-order valence-electron chi connectivity index (χ0n) is 20.5. The highest BCUT2D eigenvalue weighted by molar-refractivity contribution is 9.10. The maximum atomic E-state index is 13.8. The van der Waals surface area contributed by atoms with Crippen molar-refractivity contribution in [1.82, 2.24) is 14.5 Å². The number of fused-ring (bicyclic) bond motifs is 1. The Kier molecular flexibility index (Phi) is 6.96. The molecule has 0 spiro atoms. The van der Waals surface area contributed by atoms with Crippen molar-refractivity contribution < 1.29 is 9.13 Å². The Balaban J connectivity index is 1.53. The van der Waals surface area contributed by atoms with Crippen LogP contribution in [0.15, 0.2) is 70.1 Å². The van der Waals surface area contributed by atoms with Gasteiger partial charge in [-0.3, -0.25) is 9.69 Å². The minimum atomic E-state index is -0.338. The predicted octanol–water partition coefficient (Wildman–Crippen LogP) is 4.63. The fraction of sp³-hybridized carbons (Fsp3) is 0.250. The molecule has 188 valence electrons. The number of methoxy groups -OCH3 is 1. The second kappa shape index (κ2) is 10.3. The first-order valence-electron chi connectivity index (χ1n) is 11.9. The zero-order chi connectivity index (χ0) is 26.1. The Hall–Kier alpha value is -3.74. The number of ether oxygens (including phenoxy) is 1. The molecule has 9 heteroatoms. The highest BCUT2D eigenvalue weighted by atomic mass is 79.9. The van der Waals surface area contributed by atoms with Crippen LogP contribution < -0.4 is 15.2 Å². The van der Waals surface area contributed by atoms with Crippen LogP contribution in [0, 0.1) is 17.1 Å². The van der Waals surface area contributed by atoms with Crippen LogP contribution in [-0.2, 0) is 7.05 Å². The molecule has 0 radical (unpaired) electrons. The van der Waals surface area contributed by atoms with Crippen molar-refractivity contribution in [2.24, 2.45) is 7.05 Å². The van der Waals surface area contributed by atoms with Crippen LogP contribution in [0.25, 0.3) is 11.0 Å². The van der Waals surface area contributed by atoms with Gasteiger partial charge in [0.25, 0.3) is 5.56 Å². The lowest BCUT2D eigenvalue weighted by Crippen LogP contribution is -2.48. The second-order valence-electron chi connectivity index (χ2n) is 8.92. The molecule has 2 aromatic heterocycles. The summed E-state index contributed by atoms with van der Waals surface area (Å²) in [6.45, 7) is 2.46. The van der Waals surface area contributed by atoms with Gasteiger partial charge in [-0.15, -0.1) is 0 Å². The van der Waals surface area contributed by atoms with Gasteiger partial charge in [-0.25, -0.2) is 9.37 Å². The molecule has 0 N–H and O–H groups in total. The van der Waals surface area contributed by atoms with Crippen molar-refractivity contribution in [2.45, 2.75) is 6.04 Å². The van der Waals surface area contributed by atoms with Gasteiger partial charge >= 0.3 is 0 Å². The molecule has 37 heavy (non-hydrogen) atoms. The molecule has 1 unspecified atom stereocenters. The van der Waals surface area contributed by atoms with E-state index in [4.69, 9.17) is 4.74 Å². The largest absolute Gasteiger partial charge is 0.496 e. The minimum Gasteiger partial charge on any atom is -0.496 e. The summed E-state index contributed by atoms with van der Waals surface area (Å²) in [6.07, 6.45) is 0. The number of benzene rings is 2. The third-order valence-corrected chi connectivity index (χ3v) is 7.35. The van der Waals surface area contributed by atoms with E-state index >= 15 is 0 Å². The van der Waals surface area contributed by atoms with Gasteiger partial charge in [-0.05, 0) is 51.8 Å². The number of nitrogens with zero attached hydrogens (tertiary/aromatic N) is 5. The number of para-hydroxylation sites is 1. The number of aromatic nitrogens is 2. The standard InChI is InChI=1S/C28H25BrFN5O2/c1-33-22-11-12-24(29)32-25(22)27(21(17-31)28(33)36)35-15-13-34(14-16-35)26(18-7-9-19(30)10-8-18)20-5-3-4-6-23(20)37-2/h3-12,26H,13-16H2,1-2H3. The van der Waals surface area contributed by atoms with E-state index in [9.17, 15) is 14.4 Å². The molecule has 1 atom stereocenters. The fourth-order valence-electron chi connectivity index (χ4n) is 5.11. The summed E-state index contributed by atoms with van der Waals surface area (Å²) in [7, 11) is 3.30. The van der Waals surface area contributed by atoms with Gasteiger partial charge in [0, 0.05) is 38.8 Å². The first-order valence-corrected chi connectivity index (χ1v) is 12.7. The number of piperazine rings is 1. The molecule has 0 bridgehead atoms. The number of nitriles is 1. The fourth-order valence-corrected chi connectivity index (χ4v) is 5.42. The number of hydrogen-bond acceptors (Lipinski definition) is 6. The van der Waals surface area contributed by atoms with E-state index in [1.165, 1.54) is 16.7 Å². The minimum absolute atomic E-state index is 0.0915. The summed E-state index contributed by atoms with van der Waals surface area (Å²) in [4.78, 5) is 22.1. The molecule has 1 saturated heterocycles. The number of aryl methyl sites for hydroxylation is 1. The summed E-state index contributed by atoms with van der Waals surface area (Å²) in [5, 5.41) is 9.92. The molecular formula is C28H25BrFN5O2. The molecule has 2 aromatic carbocycles. The van der Waals surface area contributed by atoms with Crippen LogP contribution in [-0.4, -0.2) is 47.7 Å². The Labute approximate surface area is 222 Å². The Morgan fingerprint density at radius 1 is 1.05 bits per heavy atom. The number of halogens is 2. The maximum Gasteiger partial charge on any atom is 0.270 e. The Morgan fingerprint density at radius 2 is 1.76 bits per heavy atom. The third-order valence-electron chi connectivity index (χ3n) is 6.91. The number of hydrogen-bond donors (Lipinski definition) is 0. The monoisotopic (exact) mass is 561 g/mol. The molecule has 5 rings (SSSR count). The van der Waals surface area contributed by atoms with E-state index in [1.807, 2.05) is 42.5 Å². The molecular weight excluding hydrogens is 537 g/mol. The van der Waals surface area contributed by atoms with Crippen molar-refractivity contribution in [3.63, 3.8) is 0 Å². The van der Waals surface area contributed by atoms with Crippen molar-refractivity contribution in [1.29, 1.82) is 5.26 Å². The van der Waals surface area contributed by atoms with Gasteiger partial charge in [0.1, 0.15) is 33.3 Å². The summed E-state index contributed by atoms with van der Waals surface area (Å²) in [5.41, 5.74) is 3.55. The van der Waals surface area contributed by atoms with E-state index in [0.717, 1.165) is 16.9 Å². The lowest BCUT2D eigenvalue weighted by molar-refractivity contribution is 0.209. The summed E-state index contributed by atoms with van der Waals surface area (Å²) in [5.74, 6) is 0.477. The molecule has 0 aliphatic carbocycles. The molecule has 1 aliphatic heterocycles. The summed E-state index contributed by atoms with van der Waals surface area (Å²) >= 11 is 3.43. The zero-order valence-corrected chi connectivity index (χ0v) is 22.1. The lowest BCUT2D eigenvalue weighted by Gasteiger charge is -2.41. The van der Waals surface area contributed by atoms with Crippen LogP contribution in [0.1, 0.15) is 22.7 Å². The summed E-state index contributed by atoms with van der Waals surface area (Å²) in [6, 6.07) is 20.0. The third kappa shape index (κ3) is 4.59. The second-order valence-corrected chi connectivity index (χ2v) is 9.73. The SMILES string of the molecule is COc1ccccc1C(c1ccc(F)cc1)N1CCN(c2c(C#N)c(=O)n(C)c3ccc(Br)nc23)CC1. The molecule has 3 heterocycles. The quantitative estimate of drug-likeness (QED) is 0.331. The summed E-state index contributed by atoms with van der Waals surface area (Å²) < 4.78 is 21.5. The van der Waals surface area contributed by atoms with Gasteiger partial charge in [-0.1, -0.05) is 30.3 Å². The number of pyridine rings is 2. The van der Waals surface area contributed by atoms with E-state index in [0.29, 0.717) is 47.5 Å². The molecule has 0 saturated carbocycles. The first kappa shape index (κ1) is 24.9. The van der Waals surface area contributed by atoms with E-state index in [1.54, 1.807) is 20.2 Å². The number of rotatable bonds is 5. The first-order chi connectivity index (χ1) is 17.9. The van der Waals surface area contributed by atoms with Crippen molar-refractivity contribution in [3.8, 4) is 11.8 Å². The van der Waals surface area contributed by atoms with Gasteiger partial charge in [0.15, 0.2) is 0 Å². The van der Waals surface area contributed by atoms with Crippen LogP contribution in [0.3, 0.4) is 0 Å². The topological polar surface area (TPSA) is 74.4 Å². The van der Waals surface area contributed by atoms with Gasteiger partial charge < -0.3 is 14.2 Å². The molecule has 1 aliphatic rings.